The fraction of sp³-hybridized carbons (Fsp3) is 0.0690. The zero-order valence-electron chi connectivity index (χ0n) is 33.3. The van der Waals surface area contributed by atoms with E-state index >= 15 is 0 Å². The molecular formula is C58H41NO. The Balaban J connectivity index is 1.03. The molecule has 2 aliphatic carbocycles. The van der Waals surface area contributed by atoms with Crippen molar-refractivity contribution in [2.24, 2.45) is 5.92 Å². The van der Waals surface area contributed by atoms with Crippen molar-refractivity contribution < 1.29 is 4.42 Å². The predicted molar refractivity (Wildman–Crippen MR) is 252 cm³/mol. The van der Waals surface area contributed by atoms with Gasteiger partial charge in [-0.1, -0.05) is 170 Å². The van der Waals surface area contributed by atoms with E-state index in [0.717, 1.165) is 56.4 Å². The molecular weight excluding hydrogens is 727 g/mol. The molecule has 2 heteroatoms. The molecule has 284 valence electrons. The average molecular weight is 768 g/mol. The second kappa shape index (κ2) is 13.6. The normalized spacial score (nSPS) is 15.3. The number of anilines is 3. The Morgan fingerprint density at radius 2 is 1.17 bits per heavy atom. The zero-order valence-corrected chi connectivity index (χ0v) is 33.3. The van der Waals surface area contributed by atoms with E-state index in [1.165, 1.54) is 55.1 Å². The van der Waals surface area contributed by atoms with E-state index in [4.69, 9.17) is 4.42 Å². The fourth-order valence-corrected chi connectivity index (χ4v) is 10.5. The summed E-state index contributed by atoms with van der Waals surface area (Å²) in [5.41, 5.74) is 15.2. The standard InChI is InChI=1S/C58H41NO/c1-38-15-13-17-41(35-38)58(53-26-10-7-23-47(53)48-24-8-11-27-54(48)58)42-18-14-21-45(37-42)59(43-19-3-2-4-20-43)44-31-29-39(30-32-44)52-36-40-16-5-6-22-46(40)56-50(52)33-34-51-49-25-9-12-28-55(49)60-57(51)56/h2-34,36-38H,35H2,1H3. The molecule has 9 aromatic carbocycles. The molecule has 12 rings (SSSR count). The molecule has 0 aliphatic heterocycles. The molecule has 1 aromatic heterocycles. The Morgan fingerprint density at radius 3 is 1.95 bits per heavy atom. The van der Waals surface area contributed by atoms with Crippen molar-refractivity contribution in [1.82, 2.24) is 0 Å². The molecule has 2 aliphatic rings. The quantitative estimate of drug-likeness (QED) is 0.157. The number of furan rings is 1. The van der Waals surface area contributed by atoms with E-state index in [0.29, 0.717) is 5.92 Å². The van der Waals surface area contributed by atoms with Gasteiger partial charge in [-0.05, 0) is 122 Å². The number of para-hydroxylation sites is 2. The molecule has 1 heterocycles. The van der Waals surface area contributed by atoms with Crippen LogP contribution in [0, 0.1) is 5.92 Å². The SMILES string of the molecule is CC1C=CC=C(C2(c3cccc(N(c4ccccc4)c4ccc(-c5cc6ccccc6c6c5ccc5c7ccccc7oc56)cc4)c3)c3ccccc3-c3ccccc32)C1. The topological polar surface area (TPSA) is 16.4 Å². The number of nitrogens with zero attached hydrogens (tertiary/aromatic N) is 1. The van der Waals surface area contributed by atoms with Gasteiger partial charge in [0.25, 0.3) is 0 Å². The van der Waals surface area contributed by atoms with Crippen LogP contribution in [-0.2, 0) is 5.41 Å². The fourth-order valence-electron chi connectivity index (χ4n) is 10.5. The first-order chi connectivity index (χ1) is 29.7. The Bertz CT molecular complexity index is 3320. The third kappa shape index (κ3) is 5.14. The predicted octanol–water partition coefficient (Wildman–Crippen LogP) is 15.9. The maximum atomic E-state index is 6.64. The Labute approximate surface area is 350 Å². The van der Waals surface area contributed by atoms with E-state index in [2.05, 4.69) is 218 Å². The van der Waals surface area contributed by atoms with E-state index in [-0.39, 0.29) is 0 Å². The molecule has 0 fully saturated rings. The molecule has 0 spiro atoms. The lowest BCUT2D eigenvalue weighted by molar-refractivity contribution is 0.615. The number of hydrogen-bond donors (Lipinski definition) is 0. The summed E-state index contributed by atoms with van der Waals surface area (Å²) in [6, 6.07) is 71.2. The van der Waals surface area contributed by atoms with Gasteiger partial charge in [0.2, 0.25) is 0 Å². The highest BCUT2D eigenvalue weighted by molar-refractivity contribution is 6.26. The van der Waals surface area contributed by atoms with Crippen LogP contribution in [0.25, 0.3) is 65.7 Å². The zero-order chi connectivity index (χ0) is 39.8. The van der Waals surface area contributed by atoms with E-state index in [1.54, 1.807) is 0 Å². The van der Waals surface area contributed by atoms with Crippen LogP contribution in [-0.4, -0.2) is 0 Å². The highest BCUT2D eigenvalue weighted by Crippen LogP contribution is 2.58. The number of benzene rings is 9. The summed E-state index contributed by atoms with van der Waals surface area (Å²) in [4.78, 5) is 2.40. The van der Waals surface area contributed by atoms with Crippen LogP contribution >= 0.6 is 0 Å². The Kier molecular flexibility index (Phi) is 7.83. The van der Waals surface area contributed by atoms with E-state index in [1.807, 2.05) is 6.07 Å². The average Bonchev–Trinajstić information content (AvgIpc) is 3.84. The summed E-state index contributed by atoms with van der Waals surface area (Å²) in [6.45, 7) is 2.33. The molecule has 0 bridgehead atoms. The van der Waals surface area contributed by atoms with Crippen molar-refractivity contribution in [1.29, 1.82) is 0 Å². The van der Waals surface area contributed by atoms with E-state index in [9.17, 15) is 0 Å². The number of rotatable bonds is 6. The van der Waals surface area contributed by atoms with Gasteiger partial charge in [-0.2, -0.15) is 0 Å². The Morgan fingerprint density at radius 1 is 0.517 bits per heavy atom. The first kappa shape index (κ1) is 34.6. The summed E-state index contributed by atoms with van der Waals surface area (Å²) in [6.07, 6.45) is 7.99. The van der Waals surface area contributed by atoms with Gasteiger partial charge in [0.1, 0.15) is 11.2 Å². The summed E-state index contributed by atoms with van der Waals surface area (Å²) in [5.74, 6) is 0.453. The second-order valence-corrected chi connectivity index (χ2v) is 16.5. The van der Waals surface area contributed by atoms with Gasteiger partial charge in [-0.3, -0.25) is 0 Å². The van der Waals surface area contributed by atoms with Gasteiger partial charge < -0.3 is 9.32 Å². The smallest absolute Gasteiger partial charge is 0.143 e. The largest absolute Gasteiger partial charge is 0.455 e. The van der Waals surface area contributed by atoms with Crippen molar-refractivity contribution in [2.45, 2.75) is 18.8 Å². The maximum Gasteiger partial charge on any atom is 0.143 e. The Hall–Kier alpha value is -7.42. The van der Waals surface area contributed by atoms with E-state index < -0.39 is 5.41 Å². The van der Waals surface area contributed by atoms with Gasteiger partial charge in [-0.25, -0.2) is 0 Å². The number of allylic oxidation sites excluding steroid dienone is 4. The van der Waals surface area contributed by atoms with Crippen LogP contribution in [0.15, 0.2) is 222 Å². The van der Waals surface area contributed by atoms with Gasteiger partial charge in [0, 0.05) is 33.2 Å². The molecule has 0 saturated carbocycles. The number of hydrogen-bond acceptors (Lipinski definition) is 2. The first-order valence-corrected chi connectivity index (χ1v) is 21.1. The minimum Gasteiger partial charge on any atom is -0.455 e. The maximum absolute atomic E-state index is 6.64. The van der Waals surface area contributed by atoms with Crippen molar-refractivity contribution in [3.63, 3.8) is 0 Å². The number of fused-ring (bicyclic) bond motifs is 10. The van der Waals surface area contributed by atoms with Crippen molar-refractivity contribution >= 4 is 60.5 Å². The van der Waals surface area contributed by atoms with Gasteiger partial charge in [0.15, 0.2) is 0 Å². The molecule has 1 unspecified atom stereocenters. The van der Waals surface area contributed by atoms with Crippen LogP contribution in [0.2, 0.25) is 0 Å². The van der Waals surface area contributed by atoms with Crippen LogP contribution in [0.5, 0.6) is 0 Å². The summed E-state index contributed by atoms with van der Waals surface area (Å²) in [7, 11) is 0. The summed E-state index contributed by atoms with van der Waals surface area (Å²) < 4.78 is 6.64. The molecule has 1 atom stereocenters. The molecule has 0 N–H and O–H groups in total. The molecule has 0 saturated heterocycles. The molecule has 2 nitrogen and oxygen atoms in total. The lowest BCUT2D eigenvalue weighted by atomic mass is 9.64. The van der Waals surface area contributed by atoms with Crippen molar-refractivity contribution in [3.05, 3.63) is 235 Å². The van der Waals surface area contributed by atoms with Crippen LogP contribution in [0.3, 0.4) is 0 Å². The lowest BCUT2D eigenvalue weighted by Gasteiger charge is -2.38. The van der Waals surface area contributed by atoms with Gasteiger partial charge in [-0.15, -0.1) is 0 Å². The summed E-state index contributed by atoms with van der Waals surface area (Å²) >= 11 is 0. The summed E-state index contributed by atoms with van der Waals surface area (Å²) in [5, 5.41) is 7.03. The van der Waals surface area contributed by atoms with Crippen molar-refractivity contribution in [3.8, 4) is 22.3 Å². The molecule has 10 aromatic rings. The third-order valence-corrected chi connectivity index (χ3v) is 13.1. The minimum absolute atomic E-state index is 0.420. The minimum atomic E-state index is -0.420. The van der Waals surface area contributed by atoms with Crippen molar-refractivity contribution in [2.75, 3.05) is 4.90 Å². The van der Waals surface area contributed by atoms with Gasteiger partial charge in [0.05, 0.1) is 5.41 Å². The van der Waals surface area contributed by atoms with Crippen LogP contribution in [0.1, 0.15) is 30.0 Å². The van der Waals surface area contributed by atoms with Crippen LogP contribution < -0.4 is 4.90 Å². The third-order valence-electron chi connectivity index (χ3n) is 13.1. The highest BCUT2D eigenvalue weighted by Gasteiger charge is 2.47. The lowest BCUT2D eigenvalue weighted by Crippen LogP contribution is -2.31. The molecule has 0 amide bonds. The monoisotopic (exact) mass is 767 g/mol. The molecule has 0 radical (unpaired) electrons. The molecule has 60 heavy (non-hydrogen) atoms. The first-order valence-electron chi connectivity index (χ1n) is 21.1. The highest BCUT2D eigenvalue weighted by atomic mass is 16.3. The second-order valence-electron chi connectivity index (χ2n) is 16.5. The van der Waals surface area contributed by atoms with Crippen LogP contribution in [0.4, 0.5) is 17.1 Å². The van der Waals surface area contributed by atoms with Gasteiger partial charge >= 0.3 is 0 Å².